The third-order valence-electron chi connectivity index (χ3n) is 4.28. The van der Waals surface area contributed by atoms with E-state index in [0.29, 0.717) is 0 Å². The number of nitrogens with one attached hydrogen (secondary N) is 2. The molecule has 108 valence electrons. The van der Waals surface area contributed by atoms with Crippen molar-refractivity contribution >= 4 is 33.9 Å². The summed E-state index contributed by atoms with van der Waals surface area (Å²) in [5.41, 5.74) is 4.96. The molecule has 0 saturated heterocycles. The lowest BCUT2D eigenvalue weighted by Gasteiger charge is -2.13. The number of aromatic amines is 1. The van der Waals surface area contributed by atoms with Crippen molar-refractivity contribution in [2.45, 2.75) is 25.7 Å². The monoisotopic (exact) mass is 299 g/mol. The van der Waals surface area contributed by atoms with E-state index in [0.717, 1.165) is 41.3 Å². The Hall–Kier alpha value is -1.74. The molecule has 0 atom stereocenters. The summed E-state index contributed by atoms with van der Waals surface area (Å²) in [5, 5.41) is 5.34. The normalized spacial score (nSPS) is 18.5. The predicted octanol–water partition coefficient (Wildman–Crippen LogP) is 4.13. The first-order chi connectivity index (χ1) is 10.3. The highest BCUT2D eigenvalue weighted by atomic mass is 35.5. The van der Waals surface area contributed by atoms with Crippen LogP contribution in [0.4, 0.5) is 0 Å². The van der Waals surface area contributed by atoms with Crippen molar-refractivity contribution in [1.29, 1.82) is 0 Å². The van der Waals surface area contributed by atoms with Crippen LogP contribution in [0, 0.1) is 0 Å². The lowest BCUT2D eigenvalue weighted by molar-refractivity contribution is 0.740. The second kappa shape index (κ2) is 5.23. The number of nitrogens with zero attached hydrogens (tertiary/aromatic N) is 1. The van der Waals surface area contributed by atoms with Crippen LogP contribution >= 0.6 is 11.6 Å². The molecule has 1 aliphatic carbocycles. The van der Waals surface area contributed by atoms with Gasteiger partial charge in [0.15, 0.2) is 0 Å². The molecule has 1 aromatic carbocycles. The van der Waals surface area contributed by atoms with Gasteiger partial charge in [0.1, 0.15) is 5.84 Å². The number of amidine groups is 1. The van der Waals surface area contributed by atoms with Gasteiger partial charge in [-0.3, -0.25) is 4.99 Å². The summed E-state index contributed by atoms with van der Waals surface area (Å²) in [6.45, 7) is 1.77. The zero-order valence-electron chi connectivity index (χ0n) is 11.9. The fourth-order valence-corrected chi connectivity index (χ4v) is 3.45. The van der Waals surface area contributed by atoms with Crippen LogP contribution < -0.4 is 5.32 Å². The molecule has 4 heteroatoms. The number of hydrogen-bond acceptors (Lipinski definition) is 2. The van der Waals surface area contributed by atoms with Crippen molar-refractivity contribution in [3.05, 3.63) is 40.6 Å². The van der Waals surface area contributed by atoms with Crippen LogP contribution in [0.1, 0.15) is 36.9 Å². The van der Waals surface area contributed by atoms with E-state index in [1.54, 1.807) is 0 Å². The summed E-state index contributed by atoms with van der Waals surface area (Å²) in [6, 6.07) is 6.04. The molecular weight excluding hydrogens is 282 g/mol. The smallest absolute Gasteiger partial charge is 0.131 e. The van der Waals surface area contributed by atoms with E-state index in [-0.39, 0.29) is 0 Å². The van der Waals surface area contributed by atoms with Crippen LogP contribution in [0.25, 0.3) is 16.5 Å². The lowest BCUT2D eigenvalue weighted by atomic mass is 9.94. The minimum Gasteiger partial charge on any atom is -0.368 e. The maximum absolute atomic E-state index is 6.20. The first kappa shape index (κ1) is 13.0. The second-order valence-corrected chi connectivity index (χ2v) is 6.13. The topological polar surface area (TPSA) is 40.2 Å². The molecule has 2 aromatic rings. The molecule has 0 spiro atoms. The Morgan fingerprint density at radius 1 is 1.19 bits per heavy atom. The van der Waals surface area contributed by atoms with Crippen LogP contribution in [0.3, 0.4) is 0 Å². The molecule has 0 amide bonds. The van der Waals surface area contributed by atoms with E-state index in [4.69, 9.17) is 11.6 Å². The summed E-state index contributed by atoms with van der Waals surface area (Å²) in [4.78, 5) is 8.22. The molecule has 0 bridgehead atoms. The molecular formula is C17H18ClN3. The van der Waals surface area contributed by atoms with E-state index in [1.165, 1.54) is 36.1 Å². The number of halogens is 1. The third-order valence-corrected chi connectivity index (χ3v) is 4.52. The van der Waals surface area contributed by atoms with Crippen molar-refractivity contribution in [3.63, 3.8) is 0 Å². The van der Waals surface area contributed by atoms with Crippen LogP contribution in [0.5, 0.6) is 0 Å². The van der Waals surface area contributed by atoms with Crippen molar-refractivity contribution in [2.24, 2.45) is 4.99 Å². The van der Waals surface area contributed by atoms with Crippen molar-refractivity contribution in [2.75, 3.05) is 13.1 Å². The zero-order valence-corrected chi connectivity index (χ0v) is 12.6. The largest absolute Gasteiger partial charge is 0.368 e. The van der Waals surface area contributed by atoms with E-state index in [9.17, 15) is 0 Å². The van der Waals surface area contributed by atoms with Crippen LogP contribution in [-0.2, 0) is 0 Å². The van der Waals surface area contributed by atoms with Crippen LogP contribution in [0.15, 0.2) is 29.3 Å². The Morgan fingerprint density at radius 3 is 2.90 bits per heavy atom. The third kappa shape index (κ3) is 2.26. The molecule has 1 aromatic heterocycles. The molecule has 3 nitrogen and oxygen atoms in total. The number of hydrogen-bond donors (Lipinski definition) is 2. The Balaban J connectivity index is 1.96. The highest BCUT2D eigenvalue weighted by molar-refractivity contribution is 6.31. The van der Waals surface area contributed by atoms with Crippen molar-refractivity contribution < 1.29 is 0 Å². The Kier molecular flexibility index (Phi) is 3.23. The maximum Gasteiger partial charge on any atom is 0.131 e. The molecule has 2 aliphatic rings. The highest BCUT2D eigenvalue weighted by Gasteiger charge is 2.21. The van der Waals surface area contributed by atoms with Crippen LogP contribution in [-0.4, -0.2) is 23.9 Å². The van der Waals surface area contributed by atoms with E-state index < -0.39 is 0 Å². The number of rotatable bonds is 2. The zero-order chi connectivity index (χ0) is 14.2. The molecule has 0 saturated carbocycles. The molecule has 2 N–H and O–H groups in total. The number of H-pyrrole nitrogens is 1. The molecule has 0 fully saturated rings. The minimum absolute atomic E-state index is 0.769. The highest BCUT2D eigenvalue weighted by Crippen LogP contribution is 2.34. The number of aromatic nitrogens is 1. The first-order valence-corrected chi connectivity index (χ1v) is 8.00. The van der Waals surface area contributed by atoms with Gasteiger partial charge in [-0.2, -0.15) is 0 Å². The number of benzene rings is 1. The van der Waals surface area contributed by atoms with Gasteiger partial charge in [0, 0.05) is 28.0 Å². The van der Waals surface area contributed by atoms with Gasteiger partial charge in [-0.25, -0.2) is 0 Å². The number of fused-ring (bicyclic) bond motifs is 1. The summed E-state index contributed by atoms with van der Waals surface area (Å²) < 4.78 is 0. The summed E-state index contributed by atoms with van der Waals surface area (Å²) >= 11 is 6.20. The fourth-order valence-electron chi connectivity index (χ4n) is 3.28. The van der Waals surface area contributed by atoms with Crippen LogP contribution in [0.2, 0.25) is 5.02 Å². The van der Waals surface area contributed by atoms with E-state index in [1.807, 2.05) is 12.1 Å². The maximum atomic E-state index is 6.20. The van der Waals surface area contributed by atoms with Gasteiger partial charge >= 0.3 is 0 Å². The number of allylic oxidation sites excluding steroid dienone is 2. The molecule has 0 radical (unpaired) electrons. The Morgan fingerprint density at radius 2 is 2.14 bits per heavy atom. The quantitative estimate of drug-likeness (QED) is 0.860. The second-order valence-electron chi connectivity index (χ2n) is 5.70. The molecule has 1 aliphatic heterocycles. The summed E-state index contributed by atoms with van der Waals surface area (Å²) in [5.74, 6) is 1.00. The Labute approximate surface area is 129 Å². The minimum atomic E-state index is 0.769. The Bertz CT molecular complexity index is 755. The fraction of sp³-hybridized carbons (Fsp3) is 0.353. The summed E-state index contributed by atoms with van der Waals surface area (Å²) in [6.07, 6.45) is 7.24. The average Bonchev–Trinajstić information content (AvgIpc) is 3.14. The molecule has 2 heterocycles. The van der Waals surface area contributed by atoms with Crippen molar-refractivity contribution in [3.8, 4) is 0 Å². The predicted molar refractivity (Wildman–Crippen MR) is 89.2 cm³/mol. The van der Waals surface area contributed by atoms with Gasteiger partial charge in [-0.1, -0.05) is 17.7 Å². The number of aliphatic imine (C=N–C) groups is 1. The lowest BCUT2D eigenvalue weighted by Crippen LogP contribution is -2.20. The summed E-state index contributed by atoms with van der Waals surface area (Å²) in [7, 11) is 0. The van der Waals surface area contributed by atoms with E-state index in [2.05, 4.69) is 27.4 Å². The molecule has 21 heavy (non-hydrogen) atoms. The van der Waals surface area contributed by atoms with Gasteiger partial charge < -0.3 is 10.3 Å². The van der Waals surface area contributed by atoms with Gasteiger partial charge in [0.2, 0.25) is 0 Å². The SMILES string of the molecule is Clc1ccc2[nH]c(C3=CCCCC3)c(C3=NCCN3)c2c1. The standard InChI is InChI=1S/C17H18ClN3/c18-12-6-7-14-13(10-12)15(17-19-8-9-20-17)16(21-14)11-4-2-1-3-5-11/h4,6-7,10,21H,1-3,5,8-9H2,(H,19,20). The van der Waals surface area contributed by atoms with Crippen molar-refractivity contribution in [1.82, 2.24) is 10.3 Å². The molecule has 4 rings (SSSR count). The average molecular weight is 300 g/mol. The van der Waals surface area contributed by atoms with Gasteiger partial charge in [0.05, 0.1) is 12.2 Å². The first-order valence-electron chi connectivity index (χ1n) is 7.62. The van der Waals surface area contributed by atoms with Gasteiger partial charge in [-0.15, -0.1) is 0 Å². The molecule has 0 unspecified atom stereocenters. The van der Waals surface area contributed by atoms with Gasteiger partial charge in [0.25, 0.3) is 0 Å². The van der Waals surface area contributed by atoms with Gasteiger partial charge in [-0.05, 0) is 49.5 Å². The van der Waals surface area contributed by atoms with E-state index >= 15 is 0 Å².